The maximum absolute atomic E-state index is 12.6. The van der Waals surface area contributed by atoms with Gasteiger partial charge in [-0.25, -0.2) is 0 Å². The summed E-state index contributed by atoms with van der Waals surface area (Å²) in [6.07, 6.45) is 0.456. The van der Waals surface area contributed by atoms with Gasteiger partial charge in [0.2, 0.25) is 5.91 Å². The smallest absolute Gasteiger partial charge is 0.225 e. The molecule has 1 amide bonds. The second-order valence-corrected chi connectivity index (χ2v) is 7.74. The first-order valence-electron chi connectivity index (χ1n) is 9.77. The van der Waals surface area contributed by atoms with Crippen molar-refractivity contribution >= 4 is 5.91 Å². The summed E-state index contributed by atoms with van der Waals surface area (Å²) in [5, 5.41) is 4.54. The second-order valence-electron chi connectivity index (χ2n) is 7.74. The summed E-state index contributed by atoms with van der Waals surface area (Å²) < 4.78 is 7.92. The van der Waals surface area contributed by atoms with E-state index in [4.69, 9.17) is 4.74 Å². The molecule has 4 rings (SSSR count). The molecule has 1 atom stereocenters. The summed E-state index contributed by atoms with van der Waals surface area (Å²) in [6.45, 7) is 8.92. The number of aromatic nitrogens is 2. The van der Waals surface area contributed by atoms with Crippen molar-refractivity contribution in [1.82, 2.24) is 19.6 Å². The molecule has 0 unspecified atom stereocenters. The third kappa shape index (κ3) is 4.22. The van der Waals surface area contributed by atoms with Crippen LogP contribution in [0.5, 0.6) is 0 Å². The Balaban J connectivity index is 1.25. The van der Waals surface area contributed by atoms with E-state index in [-0.39, 0.29) is 12.0 Å². The summed E-state index contributed by atoms with van der Waals surface area (Å²) in [5.74, 6) is 0.194. The molecule has 1 aromatic heterocycles. The Morgan fingerprint density at radius 2 is 1.96 bits per heavy atom. The highest BCUT2D eigenvalue weighted by molar-refractivity contribution is 5.77. The minimum Gasteiger partial charge on any atom is -0.375 e. The predicted molar refractivity (Wildman–Crippen MR) is 103 cm³/mol. The molecule has 6 nitrogen and oxygen atoms in total. The third-order valence-corrected chi connectivity index (χ3v) is 5.48. The highest BCUT2D eigenvalue weighted by Gasteiger charge is 2.34. The van der Waals surface area contributed by atoms with Crippen molar-refractivity contribution in [1.29, 1.82) is 0 Å². The van der Waals surface area contributed by atoms with Gasteiger partial charge in [0.1, 0.15) is 0 Å². The van der Waals surface area contributed by atoms with Gasteiger partial charge < -0.3 is 9.64 Å². The minimum absolute atomic E-state index is 0.0114. The first kappa shape index (κ1) is 18.2. The second kappa shape index (κ2) is 7.82. The maximum atomic E-state index is 12.6. The van der Waals surface area contributed by atoms with Gasteiger partial charge in [-0.2, -0.15) is 5.10 Å². The molecule has 2 aliphatic heterocycles. The van der Waals surface area contributed by atoms with Gasteiger partial charge in [-0.1, -0.05) is 30.3 Å². The normalized spacial score (nSPS) is 21.3. The minimum atomic E-state index is -0.0114. The van der Waals surface area contributed by atoms with Crippen LogP contribution in [0.1, 0.15) is 29.4 Å². The molecule has 3 heterocycles. The molecule has 1 aromatic carbocycles. The van der Waals surface area contributed by atoms with E-state index in [1.165, 1.54) is 5.56 Å². The van der Waals surface area contributed by atoms with Gasteiger partial charge in [-0.3, -0.25) is 14.4 Å². The van der Waals surface area contributed by atoms with Gasteiger partial charge in [0.15, 0.2) is 0 Å². The van der Waals surface area contributed by atoms with E-state index < -0.39 is 0 Å². The lowest BCUT2D eigenvalue weighted by Crippen LogP contribution is -2.53. The van der Waals surface area contributed by atoms with Gasteiger partial charge in [0.05, 0.1) is 30.9 Å². The lowest BCUT2D eigenvalue weighted by Gasteiger charge is -2.41. The molecular weight excluding hydrogens is 340 g/mol. The molecule has 144 valence electrons. The standard InChI is InChI=1S/C21H28N4O2/c1-16-10-17(2)25(22-16)19-13-24(14-19)21(26)11-20-15-23(8-9-27-20)12-18-6-4-3-5-7-18/h3-7,10,19-20H,8-9,11-15H2,1-2H3/t20-/m1/s1. The van der Waals surface area contributed by atoms with E-state index in [1.54, 1.807) is 0 Å². The number of likely N-dealkylation sites (tertiary alicyclic amines) is 1. The molecule has 2 fully saturated rings. The number of aryl methyl sites for hydroxylation is 2. The van der Waals surface area contributed by atoms with Crippen LogP contribution in [-0.2, 0) is 16.1 Å². The first-order valence-corrected chi connectivity index (χ1v) is 9.77. The van der Waals surface area contributed by atoms with Crippen molar-refractivity contribution in [2.75, 3.05) is 32.8 Å². The summed E-state index contributed by atoms with van der Waals surface area (Å²) in [7, 11) is 0. The Labute approximate surface area is 160 Å². The van der Waals surface area contributed by atoms with E-state index in [0.29, 0.717) is 19.1 Å². The largest absolute Gasteiger partial charge is 0.375 e. The molecule has 0 saturated carbocycles. The van der Waals surface area contributed by atoms with Crippen molar-refractivity contribution in [3.8, 4) is 0 Å². The molecule has 0 spiro atoms. The summed E-state index contributed by atoms with van der Waals surface area (Å²) in [5.41, 5.74) is 3.50. The zero-order valence-corrected chi connectivity index (χ0v) is 16.2. The molecule has 2 saturated heterocycles. The number of amides is 1. The fourth-order valence-electron chi connectivity index (χ4n) is 4.04. The van der Waals surface area contributed by atoms with Crippen LogP contribution in [0.25, 0.3) is 0 Å². The molecule has 2 aromatic rings. The van der Waals surface area contributed by atoms with Crippen molar-refractivity contribution in [2.24, 2.45) is 0 Å². The fourth-order valence-corrected chi connectivity index (χ4v) is 4.04. The Kier molecular flexibility index (Phi) is 5.27. The number of ether oxygens (including phenoxy) is 1. The third-order valence-electron chi connectivity index (χ3n) is 5.48. The van der Waals surface area contributed by atoms with E-state index >= 15 is 0 Å². The molecule has 0 aliphatic carbocycles. The monoisotopic (exact) mass is 368 g/mol. The molecule has 2 aliphatic rings. The van der Waals surface area contributed by atoms with E-state index in [9.17, 15) is 4.79 Å². The van der Waals surface area contributed by atoms with Crippen LogP contribution in [0.2, 0.25) is 0 Å². The molecule has 0 bridgehead atoms. The van der Waals surface area contributed by atoms with Crippen LogP contribution in [0, 0.1) is 13.8 Å². The van der Waals surface area contributed by atoms with Crippen LogP contribution in [-0.4, -0.2) is 64.4 Å². The van der Waals surface area contributed by atoms with Crippen LogP contribution in [0.4, 0.5) is 0 Å². The van der Waals surface area contributed by atoms with Gasteiger partial charge in [0, 0.05) is 38.4 Å². The van der Waals surface area contributed by atoms with Gasteiger partial charge >= 0.3 is 0 Å². The topological polar surface area (TPSA) is 50.6 Å². The van der Waals surface area contributed by atoms with E-state index in [2.05, 4.69) is 51.9 Å². The Hall–Kier alpha value is -2.18. The number of carbonyl (C=O) groups is 1. The Morgan fingerprint density at radius 1 is 1.19 bits per heavy atom. The average Bonchev–Trinajstić information content (AvgIpc) is 2.93. The van der Waals surface area contributed by atoms with Crippen LogP contribution in [0.3, 0.4) is 0 Å². The van der Waals surface area contributed by atoms with Crippen LogP contribution < -0.4 is 0 Å². The van der Waals surface area contributed by atoms with Gasteiger partial charge in [-0.15, -0.1) is 0 Å². The van der Waals surface area contributed by atoms with Gasteiger partial charge in [-0.05, 0) is 25.5 Å². The molecule has 0 radical (unpaired) electrons. The van der Waals surface area contributed by atoms with Crippen molar-refractivity contribution in [3.63, 3.8) is 0 Å². The Morgan fingerprint density at radius 3 is 2.67 bits per heavy atom. The van der Waals surface area contributed by atoms with Crippen molar-refractivity contribution in [3.05, 3.63) is 53.3 Å². The van der Waals surface area contributed by atoms with Crippen LogP contribution in [0.15, 0.2) is 36.4 Å². The molecule has 27 heavy (non-hydrogen) atoms. The van der Waals surface area contributed by atoms with Crippen LogP contribution >= 0.6 is 0 Å². The lowest BCUT2D eigenvalue weighted by atomic mass is 10.1. The zero-order valence-electron chi connectivity index (χ0n) is 16.2. The predicted octanol–water partition coefficient (Wildman–Crippen LogP) is 2.17. The number of morpholine rings is 1. The SMILES string of the molecule is Cc1cc(C)n(C2CN(C(=O)C[C@@H]3CN(Cc4ccccc4)CCO3)C2)n1. The lowest BCUT2D eigenvalue weighted by molar-refractivity contribution is -0.142. The van der Waals surface area contributed by atoms with Crippen molar-refractivity contribution in [2.45, 2.75) is 39.0 Å². The fraction of sp³-hybridized carbons (Fsp3) is 0.524. The first-order chi connectivity index (χ1) is 13.1. The van der Waals surface area contributed by atoms with E-state index in [1.807, 2.05) is 17.9 Å². The number of benzene rings is 1. The summed E-state index contributed by atoms with van der Waals surface area (Å²) >= 11 is 0. The highest BCUT2D eigenvalue weighted by atomic mass is 16.5. The number of nitrogens with zero attached hydrogens (tertiary/aromatic N) is 4. The summed E-state index contributed by atoms with van der Waals surface area (Å²) in [4.78, 5) is 16.9. The van der Waals surface area contributed by atoms with Crippen molar-refractivity contribution < 1.29 is 9.53 Å². The highest BCUT2D eigenvalue weighted by Crippen LogP contribution is 2.24. The molecule has 0 N–H and O–H groups in total. The quantitative estimate of drug-likeness (QED) is 0.812. The molecule has 6 heteroatoms. The number of hydrogen-bond acceptors (Lipinski definition) is 4. The number of carbonyl (C=O) groups excluding carboxylic acids is 1. The molecular formula is C21H28N4O2. The Bertz CT molecular complexity index is 783. The zero-order chi connectivity index (χ0) is 18.8. The average molecular weight is 368 g/mol. The maximum Gasteiger partial charge on any atom is 0.225 e. The van der Waals surface area contributed by atoms with E-state index in [0.717, 1.165) is 44.1 Å². The number of rotatable bonds is 5. The van der Waals surface area contributed by atoms with Gasteiger partial charge in [0.25, 0.3) is 0 Å². The summed E-state index contributed by atoms with van der Waals surface area (Å²) in [6, 6.07) is 12.9. The number of hydrogen-bond donors (Lipinski definition) is 0.